The Bertz CT molecular complexity index is 630. The smallest absolute Gasteiger partial charge is 0.255 e. The molecule has 0 bridgehead atoms. The highest BCUT2D eigenvalue weighted by atomic mass is 16.5. The lowest BCUT2D eigenvalue weighted by Crippen LogP contribution is -2.39. The van der Waals surface area contributed by atoms with E-state index in [4.69, 9.17) is 4.74 Å². The molecule has 1 saturated heterocycles. The fraction of sp³-hybridized carbons (Fsp3) is 0.375. The summed E-state index contributed by atoms with van der Waals surface area (Å²) in [7, 11) is 1.56. The van der Waals surface area contributed by atoms with E-state index in [0.29, 0.717) is 18.0 Å². The maximum atomic E-state index is 12.6. The van der Waals surface area contributed by atoms with Crippen molar-refractivity contribution >= 4 is 5.91 Å². The van der Waals surface area contributed by atoms with E-state index in [9.17, 15) is 4.79 Å². The van der Waals surface area contributed by atoms with Gasteiger partial charge in [0.1, 0.15) is 6.33 Å². The van der Waals surface area contributed by atoms with Crippen molar-refractivity contribution < 1.29 is 9.53 Å². The third kappa shape index (κ3) is 3.05. The lowest BCUT2D eigenvalue weighted by atomic mass is 9.94. The van der Waals surface area contributed by atoms with E-state index in [-0.39, 0.29) is 11.8 Å². The minimum atomic E-state index is 0.00825. The molecular weight excluding hydrogens is 280 g/mol. The molecule has 0 aliphatic carbocycles. The Morgan fingerprint density at radius 2 is 2.23 bits per heavy atom. The largest absolute Gasteiger partial charge is 0.481 e. The van der Waals surface area contributed by atoms with Crippen LogP contribution in [0, 0.1) is 0 Å². The van der Waals surface area contributed by atoms with E-state index >= 15 is 0 Å². The number of carbonyl (C=O) groups excluding carboxylic acids is 1. The first-order chi connectivity index (χ1) is 10.8. The first kappa shape index (κ1) is 14.4. The fourth-order valence-electron chi connectivity index (χ4n) is 2.76. The van der Waals surface area contributed by atoms with Gasteiger partial charge in [0, 0.05) is 43.2 Å². The van der Waals surface area contributed by atoms with Crippen molar-refractivity contribution in [3.8, 4) is 5.88 Å². The van der Waals surface area contributed by atoms with Crippen molar-refractivity contribution in [1.29, 1.82) is 0 Å². The number of hydrogen-bond acceptors (Lipinski definition) is 5. The monoisotopic (exact) mass is 298 g/mol. The zero-order valence-electron chi connectivity index (χ0n) is 12.5. The van der Waals surface area contributed by atoms with Gasteiger partial charge < -0.3 is 9.64 Å². The molecule has 0 aromatic carbocycles. The van der Waals surface area contributed by atoms with Gasteiger partial charge in [-0.05, 0) is 25.0 Å². The third-order valence-corrected chi connectivity index (χ3v) is 3.92. The molecule has 114 valence electrons. The van der Waals surface area contributed by atoms with E-state index < -0.39 is 0 Å². The Balaban J connectivity index is 1.72. The Kier molecular flexibility index (Phi) is 4.27. The number of methoxy groups -OCH3 is 1. The molecule has 0 saturated carbocycles. The van der Waals surface area contributed by atoms with E-state index in [1.165, 1.54) is 0 Å². The van der Waals surface area contributed by atoms with Crippen LogP contribution in [-0.4, -0.2) is 46.0 Å². The SMILES string of the molecule is COc1ccc(C(=O)N2CCCC(c3ccncn3)C2)cn1. The van der Waals surface area contributed by atoms with Crippen LogP contribution in [0.1, 0.15) is 34.8 Å². The molecule has 6 heteroatoms. The van der Waals surface area contributed by atoms with Crippen LogP contribution in [0.4, 0.5) is 0 Å². The third-order valence-electron chi connectivity index (χ3n) is 3.92. The van der Waals surface area contributed by atoms with Crippen molar-refractivity contribution in [2.75, 3.05) is 20.2 Å². The molecule has 0 N–H and O–H groups in total. The molecule has 2 aromatic rings. The molecule has 22 heavy (non-hydrogen) atoms. The van der Waals surface area contributed by atoms with E-state index in [1.807, 2.05) is 11.0 Å². The second kappa shape index (κ2) is 6.51. The zero-order chi connectivity index (χ0) is 15.4. The standard InChI is InChI=1S/C16H18N4O2/c1-22-15-5-4-12(9-18-15)16(21)20-8-2-3-13(10-20)14-6-7-17-11-19-14/h4-7,9,11,13H,2-3,8,10H2,1H3. The number of hydrogen-bond donors (Lipinski definition) is 0. The van der Waals surface area contributed by atoms with E-state index in [1.54, 1.807) is 38.0 Å². The number of amides is 1. The van der Waals surface area contributed by atoms with Crippen LogP contribution in [0.15, 0.2) is 36.9 Å². The summed E-state index contributed by atoms with van der Waals surface area (Å²) in [5.41, 5.74) is 1.59. The Morgan fingerprint density at radius 1 is 1.32 bits per heavy atom. The summed E-state index contributed by atoms with van der Waals surface area (Å²) in [5, 5.41) is 0. The summed E-state index contributed by atoms with van der Waals surface area (Å²) in [5.74, 6) is 0.787. The van der Waals surface area contributed by atoms with Crippen molar-refractivity contribution in [2.45, 2.75) is 18.8 Å². The number of pyridine rings is 1. The fourth-order valence-corrected chi connectivity index (χ4v) is 2.76. The number of likely N-dealkylation sites (tertiary alicyclic amines) is 1. The maximum absolute atomic E-state index is 12.6. The minimum absolute atomic E-state index is 0.00825. The normalized spacial score (nSPS) is 18.0. The summed E-state index contributed by atoms with van der Waals surface area (Å²) in [4.78, 5) is 26.8. The first-order valence-electron chi connectivity index (χ1n) is 7.33. The molecule has 1 aliphatic rings. The zero-order valence-corrected chi connectivity index (χ0v) is 12.5. The van der Waals surface area contributed by atoms with Crippen molar-refractivity contribution in [3.63, 3.8) is 0 Å². The molecular formula is C16H18N4O2. The molecule has 1 amide bonds. The Hall–Kier alpha value is -2.50. The summed E-state index contributed by atoms with van der Waals surface area (Å²) in [6, 6.07) is 5.38. The number of rotatable bonds is 3. The number of nitrogens with zero attached hydrogens (tertiary/aromatic N) is 4. The van der Waals surface area contributed by atoms with Crippen LogP contribution in [0.25, 0.3) is 0 Å². The van der Waals surface area contributed by atoms with Crippen LogP contribution >= 0.6 is 0 Å². The minimum Gasteiger partial charge on any atom is -0.481 e. The summed E-state index contributed by atoms with van der Waals surface area (Å²) in [6.07, 6.45) is 6.89. The van der Waals surface area contributed by atoms with Crippen molar-refractivity contribution in [1.82, 2.24) is 19.9 Å². The average molecular weight is 298 g/mol. The lowest BCUT2D eigenvalue weighted by molar-refractivity contribution is 0.0705. The number of aromatic nitrogens is 3. The Morgan fingerprint density at radius 3 is 2.91 bits per heavy atom. The Labute approximate surface area is 129 Å². The predicted octanol–water partition coefficient (Wildman–Crippen LogP) is 1.90. The van der Waals surface area contributed by atoms with Gasteiger partial charge in [0.25, 0.3) is 5.91 Å². The molecule has 1 unspecified atom stereocenters. The molecule has 2 aromatic heterocycles. The molecule has 0 radical (unpaired) electrons. The van der Waals surface area contributed by atoms with Crippen molar-refractivity contribution in [2.24, 2.45) is 0 Å². The second-order valence-electron chi connectivity index (χ2n) is 5.31. The van der Waals surface area contributed by atoms with Gasteiger partial charge in [-0.2, -0.15) is 0 Å². The van der Waals surface area contributed by atoms with E-state index in [2.05, 4.69) is 15.0 Å². The summed E-state index contributed by atoms with van der Waals surface area (Å²) >= 11 is 0. The number of piperidine rings is 1. The van der Waals surface area contributed by atoms with Gasteiger partial charge in [-0.25, -0.2) is 15.0 Å². The molecule has 3 heterocycles. The average Bonchev–Trinajstić information content (AvgIpc) is 2.62. The van der Waals surface area contributed by atoms with Gasteiger partial charge >= 0.3 is 0 Å². The van der Waals surface area contributed by atoms with Crippen LogP contribution in [0.5, 0.6) is 5.88 Å². The molecule has 1 aliphatic heterocycles. The number of ether oxygens (including phenoxy) is 1. The molecule has 1 fully saturated rings. The van der Waals surface area contributed by atoms with E-state index in [0.717, 1.165) is 25.1 Å². The van der Waals surface area contributed by atoms with Crippen LogP contribution in [-0.2, 0) is 0 Å². The molecule has 1 atom stereocenters. The molecule has 0 spiro atoms. The quantitative estimate of drug-likeness (QED) is 0.865. The van der Waals surface area contributed by atoms with Gasteiger partial charge in [-0.1, -0.05) is 0 Å². The van der Waals surface area contributed by atoms with Gasteiger partial charge in [-0.15, -0.1) is 0 Å². The van der Waals surface area contributed by atoms with Crippen molar-refractivity contribution in [3.05, 3.63) is 48.2 Å². The first-order valence-corrected chi connectivity index (χ1v) is 7.33. The summed E-state index contributed by atoms with van der Waals surface area (Å²) in [6.45, 7) is 1.45. The predicted molar refractivity (Wildman–Crippen MR) is 80.7 cm³/mol. The highest BCUT2D eigenvalue weighted by Gasteiger charge is 2.26. The molecule has 3 rings (SSSR count). The van der Waals surface area contributed by atoms with Gasteiger partial charge in [0.2, 0.25) is 5.88 Å². The van der Waals surface area contributed by atoms with Gasteiger partial charge in [0.15, 0.2) is 0 Å². The van der Waals surface area contributed by atoms with Gasteiger partial charge in [0.05, 0.1) is 12.7 Å². The second-order valence-corrected chi connectivity index (χ2v) is 5.31. The summed E-state index contributed by atoms with van der Waals surface area (Å²) < 4.78 is 5.02. The van der Waals surface area contributed by atoms with Gasteiger partial charge in [-0.3, -0.25) is 4.79 Å². The van der Waals surface area contributed by atoms with Crippen LogP contribution in [0.3, 0.4) is 0 Å². The van der Waals surface area contributed by atoms with Crippen LogP contribution in [0.2, 0.25) is 0 Å². The highest BCUT2D eigenvalue weighted by molar-refractivity contribution is 5.94. The highest BCUT2D eigenvalue weighted by Crippen LogP contribution is 2.26. The number of carbonyl (C=O) groups is 1. The molecule has 6 nitrogen and oxygen atoms in total. The lowest BCUT2D eigenvalue weighted by Gasteiger charge is -2.32. The topological polar surface area (TPSA) is 68.2 Å². The van der Waals surface area contributed by atoms with Crippen LogP contribution < -0.4 is 4.74 Å². The maximum Gasteiger partial charge on any atom is 0.255 e.